The molecule has 1 aliphatic rings. The molecule has 0 unspecified atom stereocenters. The van der Waals surface area contributed by atoms with Gasteiger partial charge in [-0.15, -0.1) is 0 Å². The normalized spacial score (nSPS) is 15.0. The molecule has 0 aliphatic carbocycles. The molecule has 1 aliphatic heterocycles. The van der Waals surface area contributed by atoms with Gasteiger partial charge in [0, 0.05) is 0 Å². The largest absolute Gasteiger partial charge is 0.486 e. The van der Waals surface area contributed by atoms with Gasteiger partial charge in [-0.3, -0.25) is 14.5 Å². The number of thioether (sulfide) groups is 1. The summed E-state index contributed by atoms with van der Waals surface area (Å²) in [7, 11) is 0. The summed E-state index contributed by atoms with van der Waals surface area (Å²) in [5, 5.41) is 0.361. The molecule has 0 aromatic heterocycles. The maximum atomic E-state index is 12.8. The summed E-state index contributed by atoms with van der Waals surface area (Å²) < 4.78 is 5.79. The predicted molar refractivity (Wildman–Crippen MR) is 130 cm³/mol. The second kappa shape index (κ2) is 9.82. The fraction of sp³-hybridized carbons (Fsp3) is 0.120. The first kappa shape index (κ1) is 22.5. The van der Waals surface area contributed by atoms with Crippen molar-refractivity contribution in [2.75, 3.05) is 0 Å². The first-order valence-electron chi connectivity index (χ1n) is 9.87. The van der Waals surface area contributed by atoms with Crippen LogP contribution >= 0.6 is 35.0 Å². The average Bonchev–Trinajstić information content (AvgIpc) is 3.01. The zero-order chi connectivity index (χ0) is 22.7. The van der Waals surface area contributed by atoms with Gasteiger partial charge in [0.2, 0.25) is 0 Å². The summed E-state index contributed by atoms with van der Waals surface area (Å²) in [5.74, 6) is 0.0417. The summed E-state index contributed by atoms with van der Waals surface area (Å²) in [6.07, 6.45) is 1.62. The van der Waals surface area contributed by atoms with Crippen LogP contribution < -0.4 is 4.74 Å². The van der Waals surface area contributed by atoms with E-state index in [0.717, 1.165) is 28.5 Å². The van der Waals surface area contributed by atoms with Gasteiger partial charge in [-0.2, -0.15) is 0 Å². The summed E-state index contributed by atoms with van der Waals surface area (Å²) in [5.41, 5.74) is 3.59. The summed E-state index contributed by atoms with van der Waals surface area (Å²) >= 11 is 13.7. The fourth-order valence-corrected chi connectivity index (χ4v) is 4.76. The van der Waals surface area contributed by atoms with E-state index in [-0.39, 0.29) is 17.7 Å². The molecular weight excluding hydrogens is 465 g/mol. The van der Waals surface area contributed by atoms with E-state index in [1.54, 1.807) is 18.2 Å². The van der Waals surface area contributed by atoms with Gasteiger partial charge in [0.1, 0.15) is 6.61 Å². The number of amides is 2. The van der Waals surface area contributed by atoms with E-state index >= 15 is 0 Å². The zero-order valence-corrected chi connectivity index (χ0v) is 19.5. The second-order valence-electron chi connectivity index (χ2n) is 7.34. The lowest BCUT2D eigenvalue weighted by molar-refractivity contribution is -0.123. The van der Waals surface area contributed by atoms with Crippen molar-refractivity contribution in [2.24, 2.45) is 0 Å². The Morgan fingerprint density at radius 1 is 0.938 bits per heavy atom. The highest BCUT2D eigenvalue weighted by atomic mass is 35.5. The highest BCUT2D eigenvalue weighted by Crippen LogP contribution is 2.38. The molecule has 1 fully saturated rings. The van der Waals surface area contributed by atoms with Crippen LogP contribution in [0.15, 0.2) is 71.6 Å². The Kier molecular flexibility index (Phi) is 6.89. The topological polar surface area (TPSA) is 46.6 Å². The third-order valence-electron chi connectivity index (χ3n) is 4.84. The number of carbonyl (C=O) groups excluding carboxylic acids is 2. The number of nitrogens with zero attached hydrogens (tertiary/aromatic N) is 1. The van der Waals surface area contributed by atoms with E-state index in [1.807, 2.05) is 61.5 Å². The Morgan fingerprint density at radius 2 is 1.62 bits per heavy atom. The minimum Gasteiger partial charge on any atom is -0.486 e. The third-order valence-corrected chi connectivity index (χ3v) is 6.31. The number of ether oxygens (including phenoxy) is 1. The van der Waals surface area contributed by atoms with Crippen LogP contribution in [-0.2, 0) is 17.9 Å². The minimum absolute atomic E-state index is 0.234. The van der Waals surface area contributed by atoms with Gasteiger partial charge < -0.3 is 4.74 Å². The molecule has 0 spiro atoms. The molecule has 7 heteroatoms. The van der Waals surface area contributed by atoms with Crippen molar-refractivity contribution in [3.8, 4) is 5.75 Å². The van der Waals surface area contributed by atoms with Crippen molar-refractivity contribution in [1.29, 1.82) is 0 Å². The van der Waals surface area contributed by atoms with E-state index in [2.05, 4.69) is 0 Å². The molecular formula is C25H19Cl2NO3S. The van der Waals surface area contributed by atoms with Crippen molar-refractivity contribution in [2.45, 2.75) is 20.1 Å². The molecule has 0 saturated carbocycles. The smallest absolute Gasteiger partial charge is 0.293 e. The van der Waals surface area contributed by atoms with E-state index in [9.17, 15) is 9.59 Å². The van der Waals surface area contributed by atoms with Crippen LogP contribution in [0.2, 0.25) is 10.0 Å². The van der Waals surface area contributed by atoms with Crippen molar-refractivity contribution in [3.63, 3.8) is 0 Å². The van der Waals surface area contributed by atoms with Crippen molar-refractivity contribution in [1.82, 2.24) is 4.90 Å². The SMILES string of the molecule is Cc1cccc(CN2C(=O)S/C(=C\c3cc(Cl)c(OCc4ccccc4)c(Cl)c3)C2=O)c1. The van der Waals surface area contributed by atoms with Crippen molar-refractivity contribution in [3.05, 3.63) is 104 Å². The van der Waals surface area contributed by atoms with Crippen LogP contribution in [0.3, 0.4) is 0 Å². The molecule has 4 rings (SSSR count). The Morgan fingerprint density at radius 3 is 2.31 bits per heavy atom. The van der Waals surface area contributed by atoms with Crippen LogP contribution in [0.4, 0.5) is 4.79 Å². The van der Waals surface area contributed by atoms with Gasteiger partial charge in [0.25, 0.3) is 11.1 Å². The molecule has 3 aromatic rings. The maximum absolute atomic E-state index is 12.8. The van der Waals surface area contributed by atoms with E-state index < -0.39 is 0 Å². The molecule has 32 heavy (non-hydrogen) atoms. The molecule has 2 amide bonds. The number of carbonyl (C=O) groups is 2. The number of hydrogen-bond acceptors (Lipinski definition) is 4. The molecule has 3 aromatic carbocycles. The number of hydrogen-bond donors (Lipinski definition) is 0. The van der Waals surface area contributed by atoms with E-state index in [4.69, 9.17) is 27.9 Å². The van der Waals surface area contributed by atoms with Crippen LogP contribution in [0, 0.1) is 6.92 Å². The molecule has 4 nitrogen and oxygen atoms in total. The Balaban J connectivity index is 1.50. The van der Waals surface area contributed by atoms with Gasteiger partial charge >= 0.3 is 0 Å². The van der Waals surface area contributed by atoms with Crippen LogP contribution in [0.5, 0.6) is 5.75 Å². The minimum atomic E-state index is -0.335. The Bertz CT molecular complexity index is 1190. The number of halogens is 2. The first-order chi connectivity index (χ1) is 15.4. The lowest BCUT2D eigenvalue weighted by atomic mass is 10.1. The summed E-state index contributed by atoms with van der Waals surface area (Å²) in [6.45, 7) is 2.53. The second-order valence-corrected chi connectivity index (χ2v) is 9.15. The molecule has 0 radical (unpaired) electrons. The number of rotatable bonds is 6. The third kappa shape index (κ3) is 5.18. The van der Waals surface area contributed by atoms with Crippen LogP contribution in [-0.4, -0.2) is 16.0 Å². The number of benzene rings is 3. The van der Waals surface area contributed by atoms with Gasteiger partial charge in [0.05, 0.1) is 21.5 Å². The molecule has 0 N–H and O–H groups in total. The summed E-state index contributed by atoms with van der Waals surface area (Å²) in [6, 6.07) is 20.8. The van der Waals surface area contributed by atoms with E-state index in [0.29, 0.717) is 32.9 Å². The highest BCUT2D eigenvalue weighted by molar-refractivity contribution is 8.18. The number of imide groups is 1. The molecule has 1 saturated heterocycles. The van der Waals surface area contributed by atoms with Gasteiger partial charge in [-0.25, -0.2) is 0 Å². The van der Waals surface area contributed by atoms with Crippen molar-refractivity contribution < 1.29 is 14.3 Å². The van der Waals surface area contributed by atoms with Crippen LogP contribution in [0.1, 0.15) is 22.3 Å². The predicted octanol–water partition coefficient (Wildman–Crippen LogP) is 7.12. The average molecular weight is 484 g/mol. The standard InChI is InChI=1S/C25H19Cl2NO3S/c1-16-6-5-9-18(10-16)14-28-24(29)22(32-25(28)30)13-19-11-20(26)23(21(27)12-19)31-15-17-7-3-2-4-8-17/h2-13H,14-15H2,1H3/b22-13-. The number of aryl methyl sites for hydroxylation is 1. The van der Waals surface area contributed by atoms with Crippen LogP contribution in [0.25, 0.3) is 6.08 Å². The first-order valence-corrected chi connectivity index (χ1v) is 11.4. The zero-order valence-electron chi connectivity index (χ0n) is 17.2. The molecule has 0 atom stereocenters. The van der Waals surface area contributed by atoms with E-state index in [1.165, 1.54) is 4.90 Å². The van der Waals surface area contributed by atoms with Gasteiger partial charge in [0.15, 0.2) is 5.75 Å². The fourth-order valence-electron chi connectivity index (χ4n) is 3.31. The van der Waals surface area contributed by atoms with Gasteiger partial charge in [-0.05, 0) is 53.6 Å². The molecule has 1 heterocycles. The molecule has 0 bridgehead atoms. The lowest BCUT2D eigenvalue weighted by Crippen LogP contribution is -2.27. The molecule has 162 valence electrons. The summed E-state index contributed by atoms with van der Waals surface area (Å²) in [4.78, 5) is 26.8. The lowest BCUT2D eigenvalue weighted by Gasteiger charge is -2.13. The quantitative estimate of drug-likeness (QED) is 0.350. The van der Waals surface area contributed by atoms with Crippen molar-refractivity contribution >= 4 is 52.2 Å². The van der Waals surface area contributed by atoms with Gasteiger partial charge in [-0.1, -0.05) is 83.4 Å². The monoisotopic (exact) mass is 483 g/mol. The maximum Gasteiger partial charge on any atom is 0.293 e. The Hall–Kier alpha value is -2.73. The Labute approximate surface area is 200 Å². The highest BCUT2D eigenvalue weighted by Gasteiger charge is 2.35.